The first kappa shape index (κ1) is 13.9. The number of ether oxygens (including phenoxy) is 1. The summed E-state index contributed by atoms with van der Waals surface area (Å²) in [6.07, 6.45) is 0.744. The van der Waals surface area contributed by atoms with Crippen LogP contribution in [0.1, 0.15) is 34.1 Å². The van der Waals surface area contributed by atoms with Gasteiger partial charge in [0.05, 0.1) is 6.54 Å². The van der Waals surface area contributed by atoms with Gasteiger partial charge in [0.2, 0.25) is 0 Å². The SMILES string of the molecule is CC#CCNC1CCN(C(=O)OC(C)(C)C)C1. The second-order valence-corrected chi connectivity index (χ2v) is 5.22. The van der Waals surface area contributed by atoms with E-state index in [1.54, 1.807) is 4.90 Å². The Morgan fingerprint density at radius 2 is 2.24 bits per heavy atom. The Morgan fingerprint density at radius 1 is 1.53 bits per heavy atom. The normalized spacial score (nSPS) is 19.8. The van der Waals surface area contributed by atoms with E-state index in [0.717, 1.165) is 13.0 Å². The molecular weight excluding hydrogens is 216 g/mol. The number of nitrogens with zero attached hydrogens (tertiary/aromatic N) is 1. The Kier molecular flexibility index (Phi) is 4.83. The Bertz CT molecular complexity index is 323. The standard InChI is InChI=1S/C13H22N2O2/c1-5-6-8-14-11-7-9-15(10-11)12(16)17-13(2,3)4/h11,14H,7-10H2,1-4H3. The molecule has 1 amide bonds. The van der Waals surface area contributed by atoms with E-state index in [2.05, 4.69) is 17.2 Å². The van der Waals surface area contributed by atoms with Gasteiger partial charge in [-0.05, 0) is 34.1 Å². The zero-order valence-electron chi connectivity index (χ0n) is 11.2. The van der Waals surface area contributed by atoms with E-state index < -0.39 is 5.60 Å². The molecule has 1 N–H and O–H groups in total. The lowest BCUT2D eigenvalue weighted by molar-refractivity contribution is 0.0291. The molecule has 0 aliphatic carbocycles. The van der Waals surface area contributed by atoms with Crippen LogP contribution in [0.3, 0.4) is 0 Å². The quantitative estimate of drug-likeness (QED) is 0.743. The summed E-state index contributed by atoms with van der Waals surface area (Å²) in [4.78, 5) is 13.5. The molecule has 96 valence electrons. The number of hydrogen-bond acceptors (Lipinski definition) is 3. The average Bonchev–Trinajstić information content (AvgIpc) is 2.64. The van der Waals surface area contributed by atoms with Gasteiger partial charge in [0, 0.05) is 19.1 Å². The van der Waals surface area contributed by atoms with E-state index in [1.807, 2.05) is 27.7 Å². The van der Waals surface area contributed by atoms with Gasteiger partial charge in [-0.1, -0.05) is 5.92 Å². The second kappa shape index (κ2) is 5.92. The van der Waals surface area contributed by atoms with Crippen LogP contribution < -0.4 is 5.32 Å². The molecule has 1 unspecified atom stereocenters. The topological polar surface area (TPSA) is 41.6 Å². The van der Waals surface area contributed by atoms with Gasteiger partial charge in [-0.3, -0.25) is 0 Å². The maximum absolute atomic E-state index is 11.8. The van der Waals surface area contributed by atoms with Crippen LogP contribution in [-0.2, 0) is 4.74 Å². The molecule has 1 saturated heterocycles. The molecule has 0 bridgehead atoms. The van der Waals surface area contributed by atoms with Crippen molar-refractivity contribution >= 4 is 6.09 Å². The number of rotatable bonds is 2. The maximum atomic E-state index is 11.8. The van der Waals surface area contributed by atoms with Crippen LogP contribution in [0.15, 0.2) is 0 Å². The van der Waals surface area contributed by atoms with Crippen LogP contribution in [-0.4, -0.2) is 42.3 Å². The van der Waals surface area contributed by atoms with Gasteiger partial charge in [0.1, 0.15) is 5.60 Å². The second-order valence-electron chi connectivity index (χ2n) is 5.22. The molecule has 1 aliphatic rings. The summed E-state index contributed by atoms with van der Waals surface area (Å²) in [5, 5.41) is 3.31. The molecule has 4 nitrogen and oxygen atoms in total. The molecular formula is C13H22N2O2. The molecule has 0 spiro atoms. The largest absolute Gasteiger partial charge is 0.444 e. The Balaban J connectivity index is 2.33. The molecule has 4 heteroatoms. The molecule has 0 aromatic heterocycles. The predicted octanol–water partition coefficient (Wildman–Crippen LogP) is 1.61. The van der Waals surface area contributed by atoms with E-state index in [1.165, 1.54) is 0 Å². The van der Waals surface area contributed by atoms with Crippen molar-refractivity contribution in [1.82, 2.24) is 10.2 Å². The van der Waals surface area contributed by atoms with Crippen molar-refractivity contribution in [1.29, 1.82) is 0 Å². The van der Waals surface area contributed by atoms with Crippen LogP contribution in [0.25, 0.3) is 0 Å². The number of carbonyl (C=O) groups is 1. The van der Waals surface area contributed by atoms with Gasteiger partial charge in [-0.25, -0.2) is 4.79 Å². The van der Waals surface area contributed by atoms with Crippen molar-refractivity contribution < 1.29 is 9.53 Å². The van der Waals surface area contributed by atoms with E-state index >= 15 is 0 Å². The van der Waals surface area contributed by atoms with Gasteiger partial charge in [-0.15, -0.1) is 5.92 Å². The minimum absolute atomic E-state index is 0.219. The predicted molar refractivity (Wildman–Crippen MR) is 67.7 cm³/mol. The highest BCUT2D eigenvalue weighted by Gasteiger charge is 2.29. The van der Waals surface area contributed by atoms with Gasteiger partial charge in [-0.2, -0.15) is 0 Å². The Labute approximate surface area is 104 Å². The summed E-state index contributed by atoms with van der Waals surface area (Å²) in [6, 6.07) is 0.336. The van der Waals surface area contributed by atoms with E-state index in [4.69, 9.17) is 4.74 Å². The first-order chi connectivity index (χ1) is 7.92. The summed E-state index contributed by atoms with van der Waals surface area (Å²) >= 11 is 0. The number of carbonyl (C=O) groups excluding carboxylic acids is 1. The highest BCUT2D eigenvalue weighted by Crippen LogP contribution is 2.14. The minimum Gasteiger partial charge on any atom is -0.444 e. The average molecular weight is 238 g/mol. The molecule has 1 aliphatic heterocycles. The fraction of sp³-hybridized carbons (Fsp3) is 0.769. The van der Waals surface area contributed by atoms with Crippen LogP contribution in [0.5, 0.6) is 0 Å². The molecule has 0 saturated carbocycles. The van der Waals surface area contributed by atoms with Crippen LogP contribution in [0.4, 0.5) is 4.79 Å². The van der Waals surface area contributed by atoms with Gasteiger partial charge in [0.15, 0.2) is 0 Å². The van der Waals surface area contributed by atoms with Crippen molar-refractivity contribution in [3.63, 3.8) is 0 Å². The number of likely N-dealkylation sites (tertiary alicyclic amines) is 1. The molecule has 1 heterocycles. The van der Waals surface area contributed by atoms with E-state index in [0.29, 0.717) is 19.1 Å². The minimum atomic E-state index is -0.420. The summed E-state index contributed by atoms with van der Waals surface area (Å²) in [6.45, 7) is 9.62. The van der Waals surface area contributed by atoms with Crippen molar-refractivity contribution in [2.24, 2.45) is 0 Å². The summed E-state index contributed by atoms with van der Waals surface area (Å²) < 4.78 is 5.33. The third-order valence-corrected chi connectivity index (χ3v) is 2.50. The van der Waals surface area contributed by atoms with Crippen molar-refractivity contribution in [2.75, 3.05) is 19.6 Å². The fourth-order valence-corrected chi connectivity index (χ4v) is 1.70. The zero-order valence-corrected chi connectivity index (χ0v) is 11.2. The van der Waals surface area contributed by atoms with Crippen molar-refractivity contribution in [3.05, 3.63) is 0 Å². The zero-order chi connectivity index (χ0) is 12.9. The lowest BCUT2D eigenvalue weighted by atomic mass is 10.2. The molecule has 1 fully saturated rings. The van der Waals surface area contributed by atoms with Crippen LogP contribution >= 0.6 is 0 Å². The van der Waals surface area contributed by atoms with E-state index in [-0.39, 0.29) is 6.09 Å². The smallest absolute Gasteiger partial charge is 0.410 e. The fourth-order valence-electron chi connectivity index (χ4n) is 1.70. The summed E-state index contributed by atoms with van der Waals surface area (Å²) in [5.41, 5.74) is -0.420. The first-order valence-electron chi connectivity index (χ1n) is 6.03. The molecule has 1 rings (SSSR count). The Hall–Kier alpha value is -1.21. The maximum Gasteiger partial charge on any atom is 0.410 e. The molecule has 1 atom stereocenters. The molecule has 0 aromatic carbocycles. The third kappa shape index (κ3) is 5.10. The summed E-state index contributed by atoms with van der Waals surface area (Å²) in [7, 11) is 0. The van der Waals surface area contributed by atoms with Crippen molar-refractivity contribution in [3.8, 4) is 11.8 Å². The van der Waals surface area contributed by atoms with E-state index in [9.17, 15) is 4.79 Å². The van der Waals surface area contributed by atoms with Crippen LogP contribution in [0, 0.1) is 11.8 Å². The lowest BCUT2D eigenvalue weighted by Gasteiger charge is -2.24. The number of nitrogens with one attached hydrogen (secondary N) is 1. The lowest BCUT2D eigenvalue weighted by Crippen LogP contribution is -2.38. The number of hydrogen-bond donors (Lipinski definition) is 1. The van der Waals surface area contributed by atoms with Gasteiger partial charge < -0.3 is 15.0 Å². The summed E-state index contributed by atoms with van der Waals surface area (Å²) in [5.74, 6) is 5.80. The Morgan fingerprint density at radius 3 is 2.82 bits per heavy atom. The highest BCUT2D eigenvalue weighted by molar-refractivity contribution is 5.68. The molecule has 0 aromatic rings. The monoisotopic (exact) mass is 238 g/mol. The van der Waals surface area contributed by atoms with Gasteiger partial charge in [0.25, 0.3) is 0 Å². The van der Waals surface area contributed by atoms with Crippen LogP contribution in [0.2, 0.25) is 0 Å². The molecule has 0 radical (unpaired) electrons. The number of amides is 1. The first-order valence-corrected chi connectivity index (χ1v) is 6.03. The highest BCUT2D eigenvalue weighted by atomic mass is 16.6. The third-order valence-electron chi connectivity index (χ3n) is 2.50. The van der Waals surface area contributed by atoms with Crippen molar-refractivity contribution in [2.45, 2.75) is 45.8 Å². The van der Waals surface area contributed by atoms with Gasteiger partial charge >= 0.3 is 6.09 Å². The molecule has 17 heavy (non-hydrogen) atoms.